The maximum Gasteiger partial charge on any atom is 0.233 e. The van der Waals surface area contributed by atoms with E-state index in [1.807, 2.05) is 0 Å². The third-order valence-electron chi connectivity index (χ3n) is 3.65. The van der Waals surface area contributed by atoms with Gasteiger partial charge in [0.15, 0.2) is 0 Å². The number of carbonyl (C=O) groups is 1. The Labute approximate surface area is 104 Å². The van der Waals surface area contributed by atoms with E-state index in [2.05, 4.69) is 24.5 Å². The molecule has 4 heteroatoms. The van der Waals surface area contributed by atoms with Gasteiger partial charge in [-0.05, 0) is 26.2 Å². The molecular formula is C13H26N2O2. The first-order chi connectivity index (χ1) is 8.13. The SMILES string of the molecule is CCC(C)NCC(=O)NCC1CCCCC1O. The van der Waals surface area contributed by atoms with Crippen LogP contribution in [-0.4, -0.2) is 36.2 Å². The predicted octanol–water partition coefficient (Wildman–Crippen LogP) is 1.04. The van der Waals surface area contributed by atoms with Crippen molar-refractivity contribution in [1.29, 1.82) is 0 Å². The van der Waals surface area contributed by atoms with Gasteiger partial charge in [-0.15, -0.1) is 0 Å². The van der Waals surface area contributed by atoms with Crippen molar-refractivity contribution in [2.24, 2.45) is 5.92 Å². The van der Waals surface area contributed by atoms with Crippen molar-refractivity contribution in [1.82, 2.24) is 10.6 Å². The maximum absolute atomic E-state index is 11.6. The average Bonchev–Trinajstić information content (AvgIpc) is 2.35. The summed E-state index contributed by atoms with van der Waals surface area (Å²) in [5, 5.41) is 15.8. The third kappa shape index (κ3) is 5.50. The van der Waals surface area contributed by atoms with E-state index in [4.69, 9.17) is 0 Å². The Balaban J connectivity index is 2.14. The summed E-state index contributed by atoms with van der Waals surface area (Å²) >= 11 is 0. The third-order valence-corrected chi connectivity index (χ3v) is 3.65. The number of amides is 1. The summed E-state index contributed by atoms with van der Waals surface area (Å²) in [4.78, 5) is 11.6. The monoisotopic (exact) mass is 242 g/mol. The summed E-state index contributed by atoms with van der Waals surface area (Å²) in [6.07, 6.45) is 4.98. The van der Waals surface area contributed by atoms with Crippen LogP contribution in [0.4, 0.5) is 0 Å². The van der Waals surface area contributed by atoms with Crippen LogP contribution >= 0.6 is 0 Å². The Hall–Kier alpha value is -0.610. The molecule has 3 N–H and O–H groups in total. The molecule has 1 saturated carbocycles. The Morgan fingerprint density at radius 3 is 2.76 bits per heavy atom. The lowest BCUT2D eigenvalue weighted by Gasteiger charge is -2.27. The largest absolute Gasteiger partial charge is 0.393 e. The summed E-state index contributed by atoms with van der Waals surface area (Å²) in [6, 6.07) is 0.376. The Morgan fingerprint density at radius 2 is 2.12 bits per heavy atom. The van der Waals surface area contributed by atoms with Crippen LogP contribution in [-0.2, 0) is 4.79 Å². The van der Waals surface area contributed by atoms with E-state index in [9.17, 15) is 9.90 Å². The van der Waals surface area contributed by atoms with Crippen LogP contribution in [0.3, 0.4) is 0 Å². The highest BCUT2D eigenvalue weighted by Gasteiger charge is 2.23. The first-order valence-corrected chi connectivity index (χ1v) is 6.81. The lowest BCUT2D eigenvalue weighted by atomic mass is 9.86. The number of hydrogen-bond acceptors (Lipinski definition) is 3. The number of nitrogens with one attached hydrogen (secondary N) is 2. The van der Waals surface area contributed by atoms with Crippen LogP contribution in [0.2, 0.25) is 0 Å². The second-order valence-corrected chi connectivity index (χ2v) is 5.11. The fourth-order valence-electron chi connectivity index (χ4n) is 2.14. The Kier molecular flexibility index (Phi) is 6.52. The Bertz CT molecular complexity index is 233. The van der Waals surface area contributed by atoms with Crippen LogP contribution in [0.25, 0.3) is 0 Å². The molecule has 0 heterocycles. The number of aliphatic hydroxyl groups excluding tert-OH is 1. The standard InChI is InChI=1S/C13H26N2O2/c1-3-10(2)14-9-13(17)15-8-11-6-4-5-7-12(11)16/h10-12,14,16H,3-9H2,1-2H3,(H,15,17). The van der Waals surface area contributed by atoms with Gasteiger partial charge in [-0.3, -0.25) is 4.79 Å². The molecule has 0 aliphatic heterocycles. The quantitative estimate of drug-likeness (QED) is 0.652. The first kappa shape index (κ1) is 14.5. The summed E-state index contributed by atoms with van der Waals surface area (Å²) in [5.74, 6) is 0.277. The van der Waals surface area contributed by atoms with E-state index in [0.29, 0.717) is 19.1 Å². The molecule has 0 aromatic carbocycles. The molecule has 17 heavy (non-hydrogen) atoms. The molecule has 4 nitrogen and oxygen atoms in total. The van der Waals surface area contributed by atoms with Crippen LogP contribution in [0.5, 0.6) is 0 Å². The lowest BCUT2D eigenvalue weighted by Crippen LogP contribution is -2.42. The second-order valence-electron chi connectivity index (χ2n) is 5.11. The molecule has 1 amide bonds. The van der Waals surface area contributed by atoms with Gasteiger partial charge < -0.3 is 15.7 Å². The molecule has 3 unspecified atom stereocenters. The number of aliphatic hydroxyl groups is 1. The van der Waals surface area contributed by atoms with Gasteiger partial charge in [0.1, 0.15) is 0 Å². The van der Waals surface area contributed by atoms with Gasteiger partial charge in [0.25, 0.3) is 0 Å². The predicted molar refractivity (Wildman–Crippen MR) is 68.7 cm³/mol. The highest BCUT2D eigenvalue weighted by molar-refractivity contribution is 5.78. The summed E-state index contributed by atoms with van der Waals surface area (Å²) < 4.78 is 0. The normalized spacial score (nSPS) is 26.5. The van der Waals surface area contributed by atoms with E-state index in [1.54, 1.807) is 0 Å². The highest BCUT2D eigenvalue weighted by atomic mass is 16.3. The highest BCUT2D eigenvalue weighted by Crippen LogP contribution is 2.23. The van der Waals surface area contributed by atoms with E-state index in [0.717, 1.165) is 25.7 Å². The van der Waals surface area contributed by atoms with E-state index < -0.39 is 0 Å². The molecule has 0 spiro atoms. The summed E-state index contributed by atoms with van der Waals surface area (Å²) in [7, 11) is 0. The molecule has 1 fully saturated rings. The molecule has 1 aliphatic carbocycles. The van der Waals surface area contributed by atoms with E-state index in [-0.39, 0.29) is 17.9 Å². The first-order valence-electron chi connectivity index (χ1n) is 6.81. The van der Waals surface area contributed by atoms with Crippen molar-refractivity contribution < 1.29 is 9.90 Å². The van der Waals surface area contributed by atoms with Gasteiger partial charge >= 0.3 is 0 Å². The topological polar surface area (TPSA) is 61.4 Å². The van der Waals surface area contributed by atoms with Crippen molar-refractivity contribution in [3.05, 3.63) is 0 Å². The van der Waals surface area contributed by atoms with Crippen molar-refractivity contribution in [3.63, 3.8) is 0 Å². The summed E-state index contributed by atoms with van der Waals surface area (Å²) in [5.41, 5.74) is 0. The fraction of sp³-hybridized carbons (Fsp3) is 0.923. The molecule has 1 rings (SSSR count). The van der Waals surface area contributed by atoms with Gasteiger partial charge in [-0.1, -0.05) is 19.8 Å². The zero-order chi connectivity index (χ0) is 12.7. The van der Waals surface area contributed by atoms with Gasteiger partial charge in [0.2, 0.25) is 5.91 Å². The van der Waals surface area contributed by atoms with Crippen molar-refractivity contribution in [2.45, 2.75) is 58.1 Å². The molecule has 0 aromatic rings. The van der Waals surface area contributed by atoms with Crippen molar-refractivity contribution >= 4 is 5.91 Å². The van der Waals surface area contributed by atoms with Crippen molar-refractivity contribution in [3.8, 4) is 0 Å². The molecular weight excluding hydrogens is 216 g/mol. The minimum Gasteiger partial charge on any atom is -0.393 e. The number of rotatable bonds is 6. The molecule has 1 aliphatic rings. The molecule has 0 radical (unpaired) electrons. The second kappa shape index (κ2) is 7.67. The number of hydrogen-bond donors (Lipinski definition) is 3. The van der Waals surface area contributed by atoms with Crippen LogP contribution < -0.4 is 10.6 Å². The number of carbonyl (C=O) groups excluding carboxylic acids is 1. The zero-order valence-corrected chi connectivity index (χ0v) is 11.0. The summed E-state index contributed by atoms with van der Waals surface area (Å²) in [6.45, 7) is 5.14. The van der Waals surface area contributed by atoms with Gasteiger partial charge in [-0.2, -0.15) is 0 Å². The van der Waals surface area contributed by atoms with Gasteiger partial charge in [0.05, 0.1) is 12.6 Å². The molecule has 3 atom stereocenters. The fourth-order valence-corrected chi connectivity index (χ4v) is 2.14. The molecule has 0 bridgehead atoms. The molecule has 0 aromatic heterocycles. The average molecular weight is 242 g/mol. The van der Waals surface area contributed by atoms with Crippen LogP contribution in [0, 0.1) is 5.92 Å². The molecule has 0 saturated heterocycles. The van der Waals surface area contributed by atoms with E-state index >= 15 is 0 Å². The van der Waals surface area contributed by atoms with E-state index in [1.165, 1.54) is 6.42 Å². The maximum atomic E-state index is 11.6. The van der Waals surface area contributed by atoms with Gasteiger partial charge in [-0.25, -0.2) is 0 Å². The minimum atomic E-state index is -0.230. The van der Waals surface area contributed by atoms with Gasteiger partial charge in [0, 0.05) is 18.5 Å². The van der Waals surface area contributed by atoms with Crippen molar-refractivity contribution in [2.75, 3.05) is 13.1 Å². The molecule has 100 valence electrons. The smallest absolute Gasteiger partial charge is 0.233 e. The minimum absolute atomic E-state index is 0.0306. The van der Waals surface area contributed by atoms with Crippen LogP contribution in [0.1, 0.15) is 46.0 Å². The van der Waals surface area contributed by atoms with Crippen LogP contribution in [0.15, 0.2) is 0 Å². The lowest BCUT2D eigenvalue weighted by molar-refractivity contribution is -0.120. The Morgan fingerprint density at radius 1 is 1.41 bits per heavy atom. The zero-order valence-electron chi connectivity index (χ0n) is 11.0.